The summed E-state index contributed by atoms with van der Waals surface area (Å²) in [7, 11) is 1.93. The van der Waals surface area contributed by atoms with Gasteiger partial charge in [-0.05, 0) is 37.8 Å². The highest BCUT2D eigenvalue weighted by molar-refractivity contribution is 5.86. The zero-order valence-corrected chi connectivity index (χ0v) is 15.3. The summed E-state index contributed by atoms with van der Waals surface area (Å²) >= 11 is 0. The lowest BCUT2D eigenvalue weighted by atomic mass is 10.0. The van der Waals surface area contributed by atoms with Crippen LogP contribution in [0.3, 0.4) is 0 Å². The van der Waals surface area contributed by atoms with Crippen molar-refractivity contribution in [2.24, 2.45) is 7.05 Å². The van der Waals surface area contributed by atoms with Crippen LogP contribution in [0.5, 0.6) is 0 Å². The fraction of sp³-hybridized carbons (Fsp3) is 0.450. The zero-order chi connectivity index (χ0) is 17.7. The quantitative estimate of drug-likeness (QED) is 0.713. The molecule has 2 aromatic heterocycles. The third kappa shape index (κ3) is 2.35. The third-order valence-corrected chi connectivity index (χ3v) is 5.93. The van der Waals surface area contributed by atoms with Crippen molar-refractivity contribution in [3.05, 3.63) is 42.4 Å². The van der Waals surface area contributed by atoms with Crippen LogP contribution in [0.1, 0.15) is 25.3 Å². The highest BCUT2D eigenvalue weighted by atomic mass is 15.3. The van der Waals surface area contributed by atoms with Gasteiger partial charge in [0.05, 0.1) is 11.6 Å². The lowest BCUT2D eigenvalue weighted by Gasteiger charge is -2.40. The van der Waals surface area contributed by atoms with Gasteiger partial charge in [0, 0.05) is 37.9 Å². The molecule has 1 fully saturated rings. The first-order chi connectivity index (χ1) is 12.7. The molecule has 4 heterocycles. The molecule has 2 aliphatic heterocycles. The molecule has 0 amide bonds. The standard InChI is InChI=1S/C20H24N6/c1-14-11-15-5-3-4-6-18(15)26(14)16-7-9-25(10-8-16)20-17-12-23-24(2)19(17)21-13-22-20/h3-6,12-14,16H,7-11H2,1-2H3/t14-/m1/s1. The molecule has 0 N–H and O–H groups in total. The smallest absolute Gasteiger partial charge is 0.163 e. The molecule has 1 aromatic carbocycles. The number of hydrogen-bond donors (Lipinski definition) is 0. The molecule has 5 rings (SSSR count). The van der Waals surface area contributed by atoms with Crippen LogP contribution < -0.4 is 9.80 Å². The van der Waals surface area contributed by atoms with Crippen LogP contribution in [0.25, 0.3) is 11.0 Å². The Morgan fingerprint density at radius 1 is 1.08 bits per heavy atom. The van der Waals surface area contributed by atoms with Crippen molar-refractivity contribution in [3.8, 4) is 0 Å². The van der Waals surface area contributed by atoms with E-state index in [9.17, 15) is 0 Å². The molecule has 0 spiro atoms. The summed E-state index contributed by atoms with van der Waals surface area (Å²) in [6, 6.07) is 10.1. The average molecular weight is 348 g/mol. The SMILES string of the molecule is C[C@@H]1Cc2ccccc2N1C1CCN(c2ncnc3c2cnn3C)CC1. The van der Waals surface area contributed by atoms with E-state index in [0.717, 1.165) is 42.8 Å². The van der Waals surface area contributed by atoms with Gasteiger partial charge in [0.1, 0.15) is 12.1 Å². The van der Waals surface area contributed by atoms with Gasteiger partial charge in [-0.15, -0.1) is 0 Å². The normalized spacial score (nSPS) is 20.8. The number of aromatic nitrogens is 4. The van der Waals surface area contributed by atoms with Crippen LogP contribution in [-0.4, -0.2) is 44.9 Å². The molecular formula is C20H24N6. The van der Waals surface area contributed by atoms with Crippen molar-refractivity contribution in [1.82, 2.24) is 19.7 Å². The van der Waals surface area contributed by atoms with Crippen molar-refractivity contribution in [3.63, 3.8) is 0 Å². The number of aryl methyl sites for hydroxylation is 1. The Bertz CT molecular complexity index is 940. The average Bonchev–Trinajstić information content (AvgIpc) is 3.21. The van der Waals surface area contributed by atoms with Gasteiger partial charge >= 0.3 is 0 Å². The Labute approximate surface area is 153 Å². The van der Waals surface area contributed by atoms with E-state index in [2.05, 4.69) is 56.1 Å². The van der Waals surface area contributed by atoms with Crippen molar-refractivity contribution >= 4 is 22.5 Å². The van der Waals surface area contributed by atoms with E-state index in [4.69, 9.17) is 0 Å². The van der Waals surface area contributed by atoms with E-state index in [1.807, 2.05) is 17.9 Å². The zero-order valence-electron chi connectivity index (χ0n) is 15.3. The minimum absolute atomic E-state index is 0.591. The molecule has 6 nitrogen and oxygen atoms in total. The van der Waals surface area contributed by atoms with Crippen LogP contribution in [0, 0.1) is 0 Å². The summed E-state index contributed by atoms with van der Waals surface area (Å²) in [5.41, 5.74) is 3.84. The largest absolute Gasteiger partial charge is 0.365 e. The number of nitrogens with zero attached hydrogens (tertiary/aromatic N) is 6. The van der Waals surface area contributed by atoms with Crippen molar-refractivity contribution in [2.75, 3.05) is 22.9 Å². The van der Waals surface area contributed by atoms with Crippen LogP contribution in [0.15, 0.2) is 36.8 Å². The van der Waals surface area contributed by atoms with Gasteiger partial charge in [-0.2, -0.15) is 5.10 Å². The summed E-state index contributed by atoms with van der Waals surface area (Å²) in [5, 5.41) is 5.39. The summed E-state index contributed by atoms with van der Waals surface area (Å²) in [5.74, 6) is 1.02. The molecular weight excluding hydrogens is 324 g/mol. The Hall–Kier alpha value is -2.63. The predicted octanol–water partition coefficient (Wildman–Crippen LogP) is 2.78. The summed E-state index contributed by atoms with van der Waals surface area (Å²) < 4.78 is 1.82. The minimum Gasteiger partial charge on any atom is -0.365 e. The van der Waals surface area contributed by atoms with Gasteiger partial charge in [-0.1, -0.05) is 18.2 Å². The molecule has 134 valence electrons. The molecule has 0 bridgehead atoms. The van der Waals surface area contributed by atoms with Crippen LogP contribution >= 0.6 is 0 Å². The van der Waals surface area contributed by atoms with Crippen molar-refractivity contribution in [2.45, 2.75) is 38.3 Å². The summed E-state index contributed by atoms with van der Waals surface area (Å²) in [6.07, 6.45) is 7.02. The maximum Gasteiger partial charge on any atom is 0.163 e. The first kappa shape index (κ1) is 15.6. The van der Waals surface area contributed by atoms with Gasteiger partial charge in [-0.3, -0.25) is 4.68 Å². The molecule has 1 saturated heterocycles. The number of piperidine rings is 1. The van der Waals surface area contributed by atoms with E-state index in [0.29, 0.717) is 12.1 Å². The van der Waals surface area contributed by atoms with E-state index in [-0.39, 0.29) is 0 Å². The number of benzene rings is 1. The number of fused-ring (bicyclic) bond motifs is 2. The number of rotatable bonds is 2. The second-order valence-electron chi connectivity index (χ2n) is 7.51. The van der Waals surface area contributed by atoms with E-state index < -0.39 is 0 Å². The third-order valence-electron chi connectivity index (χ3n) is 5.93. The van der Waals surface area contributed by atoms with Gasteiger partial charge in [0.2, 0.25) is 0 Å². The minimum atomic E-state index is 0.591. The molecule has 0 radical (unpaired) electrons. The summed E-state index contributed by atoms with van der Waals surface area (Å²) in [4.78, 5) is 14.0. The molecule has 1 atom stereocenters. The van der Waals surface area contributed by atoms with Crippen LogP contribution in [-0.2, 0) is 13.5 Å². The number of para-hydroxylation sites is 1. The topological polar surface area (TPSA) is 50.1 Å². The maximum atomic E-state index is 4.57. The number of hydrogen-bond acceptors (Lipinski definition) is 5. The number of anilines is 2. The second-order valence-corrected chi connectivity index (χ2v) is 7.51. The van der Waals surface area contributed by atoms with E-state index in [1.165, 1.54) is 17.7 Å². The summed E-state index contributed by atoms with van der Waals surface area (Å²) in [6.45, 7) is 4.41. The van der Waals surface area contributed by atoms with Crippen LogP contribution in [0.4, 0.5) is 11.5 Å². The molecule has 3 aromatic rings. The monoisotopic (exact) mass is 348 g/mol. The second kappa shape index (κ2) is 5.97. The Morgan fingerprint density at radius 2 is 1.88 bits per heavy atom. The van der Waals surface area contributed by atoms with Gasteiger partial charge < -0.3 is 9.80 Å². The Balaban J connectivity index is 1.37. The van der Waals surface area contributed by atoms with E-state index in [1.54, 1.807) is 6.33 Å². The molecule has 0 unspecified atom stereocenters. The van der Waals surface area contributed by atoms with Crippen molar-refractivity contribution in [1.29, 1.82) is 0 Å². The van der Waals surface area contributed by atoms with Crippen molar-refractivity contribution < 1.29 is 0 Å². The predicted molar refractivity (Wildman–Crippen MR) is 104 cm³/mol. The maximum absolute atomic E-state index is 4.57. The van der Waals surface area contributed by atoms with Gasteiger partial charge in [0.25, 0.3) is 0 Å². The van der Waals surface area contributed by atoms with Gasteiger partial charge in [-0.25, -0.2) is 9.97 Å². The highest BCUT2D eigenvalue weighted by Gasteiger charge is 2.33. The molecule has 0 saturated carbocycles. The highest BCUT2D eigenvalue weighted by Crippen LogP contribution is 2.36. The first-order valence-corrected chi connectivity index (χ1v) is 9.46. The van der Waals surface area contributed by atoms with E-state index >= 15 is 0 Å². The molecule has 26 heavy (non-hydrogen) atoms. The first-order valence-electron chi connectivity index (χ1n) is 9.46. The molecule has 6 heteroatoms. The Morgan fingerprint density at radius 3 is 2.73 bits per heavy atom. The van der Waals surface area contributed by atoms with Gasteiger partial charge in [0.15, 0.2) is 5.65 Å². The van der Waals surface area contributed by atoms with Crippen LogP contribution in [0.2, 0.25) is 0 Å². The lowest BCUT2D eigenvalue weighted by molar-refractivity contribution is 0.443. The molecule has 0 aliphatic carbocycles. The molecule has 2 aliphatic rings. The lowest BCUT2D eigenvalue weighted by Crippen LogP contribution is -2.47. The fourth-order valence-corrected chi connectivity index (χ4v) is 4.70. The Kier molecular flexibility index (Phi) is 3.58. The fourth-order valence-electron chi connectivity index (χ4n) is 4.70.